The third-order valence-electron chi connectivity index (χ3n) is 3.08. The van der Waals surface area contributed by atoms with E-state index in [2.05, 4.69) is 0 Å². The zero-order chi connectivity index (χ0) is 14.8. The first kappa shape index (κ1) is 15.6. The van der Waals surface area contributed by atoms with E-state index in [-0.39, 0.29) is 17.5 Å². The third-order valence-corrected chi connectivity index (χ3v) is 3.08. The van der Waals surface area contributed by atoms with Crippen molar-refractivity contribution in [1.29, 1.82) is 0 Å². The number of nitrogens with zero attached hydrogens (tertiary/aromatic N) is 1. The Kier molecular flexibility index (Phi) is 4.66. The van der Waals surface area contributed by atoms with Gasteiger partial charge in [0.1, 0.15) is 11.5 Å². The van der Waals surface area contributed by atoms with E-state index >= 15 is 0 Å². The second kappa shape index (κ2) is 5.68. The summed E-state index contributed by atoms with van der Waals surface area (Å²) in [6.45, 7) is 8.80. The molecule has 0 heterocycles. The van der Waals surface area contributed by atoms with Crippen LogP contribution in [-0.4, -0.2) is 23.4 Å². The molecule has 4 heteroatoms. The number of carbonyl (C=O) groups is 1. The minimum atomic E-state index is -1.81. The largest absolute Gasteiger partial charge is 0.337 e. The summed E-state index contributed by atoms with van der Waals surface area (Å²) in [5.41, 5.74) is -1.58. The first-order valence-corrected chi connectivity index (χ1v) is 6.48. The van der Waals surface area contributed by atoms with Crippen molar-refractivity contribution in [3.8, 4) is 0 Å². The Balaban J connectivity index is 3.19. The summed E-state index contributed by atoms with van der Waals surface area (Å²) < 4.78 is 27.5. The van der Waals surface area contributed by atoms with Crippen molar-refractivity contribution in [2.24, 2.45) is 0 Å². The van der Waals surface area contributed by atoms with Crippen molar-refractivity contribution >= 4 is 5.91 Å². The Morgan fingerprint density at radius 3 is 2.37 bits per heavy atom. The molecule has 0 saturated heterocycles. The molecule has 1 aromatic rings. The lowest BCUT2D eigenvalue weighted by atomic mass is 9.97. The quantitative estimate of drug-likeness (QED) is 0.811. The van der Waals surface area contributed by atoms with Crippen LogP contribution >= 0.6 is 0 Å². The van der Waals surface area contributed by atoms with Crippen molar-refractivity contribution in [1.82, 2.24) is 4.90 Å². The Morgan fingerprint density at radius 2 is 1.95 bits per heavy atom. The summed E-state index contributed by atoms with van der Waals surface area (Å²) in [5.74, 6) is -0.834. The van der Waals surface area contributed by atoms with E-state index in [9.17, 15) is 13.6 Å². The van der Waals surface area contributed by atoms with Crippen LogP contribution in [0, 0.1) is 5.82 Å². The Labute approximate surface area is 113 Å². The van der Waals surface area contributed by atoms with E-state index < -0.39 is 11.5 Å². The average Bonchev–Trinajstić information content (AvgIpc) is 2.28. The highest BCUT2D eigenvalue weighted by Gasteiger charge is 2.25. The van der Waals surface area contributed by atoms with Gasteiger partial charge in [0.25, 0.3) is 5.91 Å². The molecule has 0 N–H and O–H groups in total. The predicted octanol–water partition coefficient (Wildman–Crippen LogP) is 3.90. The topological polar surface area (TPSA) is 20.3 Å². The SMILES string of the molecule is CCN(C(=O)c1ccc(F)c(C(C)(C)F)c1)C(C)C. The fourth-order valence-corrected chi connectivity index (χ4v) is 2.02. The van der Waals surface area contributed by atoms with Gasteiger partial charge in [0, 0.05) is 23.7 Å². The Morgan fingerprint density at radius 1 is 1.37 bits per heavy atom. The molecule has 0 saturated carbocycles. The summed E-state index contributed by atoms with van der Waals surface area (Å²) in [6, 6.07) is 3.91. The van der Waals surface area contributed by atoms with Crippen molar-refractivity contribution in [2.75, 3.05) is 6.54 Å². The normalized spacial score (nSPS) is 11.8. The molecule has 0 bridgehead atoms. The van der Waals surface area contributed by atoms with E-state index in [1.807, 2.05) is 20.8 Å². The summed E-state index contributed by atoms with van der Waals surface area (Å²) >= 11 is 0. The average molecular weight is 269 g/mol. The molecule has 106 valence electrons. The van der Waals surface area contributed by atoms with Gasteiger partial charge in [0.05, 0.1) is 0 Å². The summed E-state index contributed by atoms with van der Waals surface area (Å²) in [6.07, 6.45) is 0. The van der Waals surface area contributed by atoms with Crippen LogP contribution in [0.25, 0.3) is 0 Å². The molecular weight excluding hydrogens is 248 g/mol. The smallest absolute Gasteiger partial charge is 0.254 e. The Bertz CT molecular complexity index is 464. The van der Waals surface area contributed by atoms with Gasteiger partial charge in [-0.05, 0) is 52.8 Å². The van der Waals surface area contributed by atoms with Crippen LogP contribution in [0.15, 0.2) is 18.2 Å². The van der Waals surface area contributed by atoms with Gasteiger partial charge >= 0.3 is 0 Å². The zero-order valence-electron chi connectivity index (χ0n) is 12.1. The molecule has 0 spiro atoms. The van der Waals surface area contributed by atoms with Crippen molar-refractivity contribution < 1.29 is 13.6 Å². The van der Waals surface area contributed by atoms with E-state index in [0.29, 0.717) is 12.1 Å². The van der Waals surface area contributed by atoms with E-state index in [0.717, 1.165) is 6.07 Å². The highest BCUT2D eigenvalue weighted by molar-refractivity contribution is 5.94. The number of alkyl halides is 1. The summed E-state index contributed by atoms with van der Waals surface area (Å²) in [4.78, 5) is 13.9. The van der Waals surface area contributed by atoms with Crippen LogP contribution in [0.2, 0.25) is 0 Å². The third kappa shape index (κ3) is 3.52. The monoisotopic (exact) mass is 269 g/mol. The van der Waals surface area contributed by atoms with Gasteiger partial charge in [-0.15, -0.1) is 0 Å². The van der Waals surface area contributed by atoms with E-state index in [4.69, 9.17) is 0 Å². The summed E-state index contributed by atoms with van der Waals surface area (Å²) in [5, 5.41) is 0. The molecule has 1 rings (SSSR count). The molecule has 0 unspecified atom stereocenters. The lowest BCUT2D eigenvalue weighted by molar-refractivity contribution is 0.0716. The molecule has 0 aliphatic carbocycles. The van der Waals surface area contributed by atoms with Crippen molar-refractivity contribution in [2.45, 2.75) is 46.3 Å². The first-order valence-electron chi connectivity index (χ1n) is 6.48. The van der Waals surface area contributed by atoms with Crippen LogP contribution in [0.1, 0.15) is 50.5 Å². The molecule has 2 nitrogen and oxygen atoms in total. The number of rotatable bonds is 4. The van der Waals surface area contributed by atoms with Gasteiger partial charge < -0.3 is 4.90 Å². The van der Waals surface area contributed by atoms with Gasteiger partial charge in [0.15, 0.2) is 0 Å². The lowest BCUT2D eigenvalue weighted by Gasteiger charge is -2.26. The van der Waals surface area contributed by atoms with Gasteiger partial charge in [-0.2, -0.15) is 0 Å². The lowest BCUT2D eigenvalue weighted by Crippen LogP contribution is -2.36. The molecule has 1 amide bonds. The van der Waals surface area contributed by atoms with E-state index in [1.54, 1.807) is 4.90 Å². The maximum Gasteiger partial charge on any atom is 0.254 e. The second-order valence-corrected chi connectivity index (χ2v) is 5.35. The highest BCUT2D eigenvalue weighted by Crippen LogP contribution is 2.28. The molecule has 0 aromatic heterocycles. The maximum absolute atomic E-state index is 13.9. The zero-order valence-corrected chi connectivity index (χ0v) is 12.1. The van der Waals surface area contributed by atoms with Crippen LogP contribution in [0.5, 0.6) is 0 Å². The number of hydrogen-bond acceptors (Lipinski definition) is 1. The molecule has 19 heavy (non-hydrogen) atoms. The number of benzene rings is 1. The predicted molar refractivity (Wildman–Crippen MR) is 72.4 cm³/mol. The van der Waals surface area contributed by atoms with Gasteiger partial charge in [-0.1, -0.05) is 0 Å². The van der Waals surface area contributed by atoms with Gasteiger partial charge in [-0.3, -0.25) is 4.79 Å². The standard InChI is InChI=1S/C15H21F2NO/c1-6-18(10(2)3)14(19)11-7-8-13(16)12(9-11)15(4,5)17/h7-10H,6H2,1-5H3. The van der Waals surface area contributed by atoms with Crippen molar-refractivity contribution in [3.05, 3.63) is 35.1 Å². The molecule has 0 fully saturated rings. The van der Waals surface area contributed by atoms with Crippen LogP contribution in [0.3, 0.4) is 0 Å². The molecule has 0 aliphatic heterocycles. The molecular formula is C15H21F2NO. The van der Waals surface area contributed by atoms with Crippen LogP contribution in [-0.2, 0) is 5.67 Å². The maximum atomic E-state index is 13.9. The molecule has 0 aliphatic rings. The number of carbonyl (C=O) groups excluding carboxylic acids is 1. The fourth-order valence-electron chi connectivity index (χ4n) is 2.02. The minimum Gasteiger partial charge on any atom is -0.337 e. The Hall–Kier alpha value is -1.45. The van der Waals surface area contributed by atoms with E-state index in [1.165, 1.54) is 26.0 Å². The highest BCUT2D eigenvalue weighted by atomic mass is 19.1. The fraction of sp³-hybridized carbons (Fsp3) is 0.533. The number of hydrogen-bond donors (Lipinski definition) is 0. The number of amides is 1. The number of halogens is 2. The second-order valence-electron chi connectivity index (χ2n) is 5.35. The first-order chi connectivity index (χ1) is 8.68. The van der Waals surface area contributed by atoms with Crippen LogP contribution < -0.4 is 0 Å². The molecule has 0 atom stereocenters. The molecule has 1 aromatic carbocycles. The summed E-state index contributed by atoms with van der Waals surface area (Å²) in [7, 11) is 0. The van der Waals surface area contributed by atoms with Crippen molar-refractivity contribution in [3.63, 3.8) is 0 Å². The van der Waals surface area contributed by atoms with Gasteiger partial charge in [-0.25, -0.2) is 8.78 Å². The molecule has 0 radical (unpaired) electrons. The van der Waals surface area contributed by atoms with Crippen LogP contribution in [0.4, 0.5) is 8.78 Å². The van der Waals surface area contributed by atoms with Gasteiger partial charge in [0.2, 0.25) is 0 Å². The minimum absolute atomic E-state index is 0.0457.